The number of anilines is 1. The number of rotatable bonds is 4. The third kappa shape index (κ3) is 3.32. The fourth-order valence-corrected chi connectivity index (χ4v) is 2.82. The van der Waals surface area contributed by atoms with Gasteiger partial charge in [0, 0.05) is 33.4 Å². The minimum Gasteiger partial charge on any atom is -0.497 e. The van der Waals surface area contributed by atoms with Crippen LogP contribution in [0.15, 0.2) is 42.5 Å². The number of aryl methyl sites for hydroxylation is 1. The molecule has 0 aliphatic rings. The fourth-order valence-electron chi connectivity index (χ4n) is 2.65. The molecule has 0 aliphatic carbocycles. The molecule has 2 aromatic carbocycles. The minimum absolute atomic E-state index is 0.0813. The van der Waals surface area contributed by atoms with Gasteiger partial charge in [-0.05, 0) is 42.8 Å². The zero-order chi connectivity index (χ0) is 16.4. The van der Waals surface area contributed by atoms with E-state index in [4.69, 9.17) is 16.3 Å². The van der Waals surface area contributed by atoms with E-state index in [1.54, 1.807) is 13.2 Å². The highest BCUT2D eigenvalue weighted by atomic mass is 35.5. The van der Waals surface area contributed by atoms with Crippen molar-refractivity contribution in [3.63, 3.8) is 0 Å². The van der Waals surface area contributed by atoms with Crippen LogP contribution < -0.4 is 10.1 Å². The first-order valence-corrected chi connectivity index (χ1v) is 7.65. The molecule has 0 saturated heterocycles. The molecule has 0 atom stereocenters. The second-order valence-corrected chi connectivity index (χ2v) is 5.81. The van der Waals surface area contributed by atoms with Crippen molar-refractivity contribution in [2.75, 3.05) is 12.4 Å². The van der Waals surface area contributed by atoms with E-state index in [2.05, 4.69) is 10.3 Å². The zero-order valence-electron chi connectivity index (χ0n) is 12.9. The predicted molar refractivity (Wildman–Crippen MR) is 93.4 cm³/mol. The Morgan fingerprint density at radius 1 is 1.26 bits per heavy atom. The van der Waals surface area contributed by atoms with E-state index in [-0.39, 0.29) is 12.3 Å². The van der Waals surface area contributed by atoms with Crippen molar-refractivity contribution in [3.8, 4) is 5.75 Å². The van der Waals surface area contributed by atoms with Gasteiger partial charge >= 0.3 is 0 Å². The number of hydrogen-bond donors (Lipinski definition) is 2. The molecule has 0 fully saturated rings. The number of H-pyrrole nitrogens is 1. The van der Waals surface area contributed by atoms with Crippen molar-refractivity contribution in [3.05, 3.63) is 58.7 Å². The molecule has 3 rings (SSSR count). The number of nitrogens with one attached hydrogen (secondary N) is 2. The van der Waals surface area contributed by atoms with Crippen LogP contribution in [0.1, 0.15) is 11.3 Å². The molecular weight excluding hydrogens is 312 g/mol. The smallest absolute Gasteiger partial charge is 0.228 e. The number of methoxy groups -OCH3 is 1. The van der Waals surface area contributed by atoms with E-state index in [0.717, 1.165) is 22.2 Å². The van der Waals surface area contributed by atoms with Crippen LogP contribution in [0.25, 0.3) is 10.9 Å². The summed E-state index contributed by atoms with van der Waals surface area (Å²) in [5, 5.41) is 4.54. The Hall–Kier alpha value is -2.46. The highest BCUT2D eigenvalue weighted by Crippen LogP contribution is 2.26. The second-order valence-electron chi connectivity index (χ2n) is 5.38. The zero-order valence-corrected chi connectivity index (χ0v) is 13.7. The van der Waals surface area contributed by atoms with Gasteiger partial charge in [-0.1, -0.05) is 17.7 Å². The van der Waals surface area contributed by atoms with Gasteiger partial charge in [-0.3, -0.25) is 4.79 Å². The van der Waals surface area contributed by atoms with E-state index in [1.165, 1.54) is 0 Å². The van der Waals surface area contributed by atoms with Crippen molar-refractivity contribution in [2.45, 2.75) is 13.3 Å². The van der Waals surface area contributed by atoms with Gasteiger partial charge in [0.15, 0.2) is 0 Å². The standard InChI is InChI=1S/C18H17ClN2O2/c1-11-15(16-8-12(19)6-7-17(16)20-11)10-18(22)21-13-4-3-5-14(9-13)23-2/h3-9,20H,10H2,1-2H3,(H,21,22). The Kier molecular flexibility index (Phi) is 4.26. The molecule has 1 amide bonds. The maximum atomic E-state index is 12.4. The van der Waals surface area contributed by atoms with Crippen molar-refractivity contribution in [1.29, 1.82) is 0 Å². The van der Waals surface area contributed by atoms with Gasteiger partial charge in [0.1, 0.15) is 5.75 Å². The van der Waals surface area contributed by atoms with E-state index < -0.39 is 0 Å². The quantitative estimate of drug-likeness (QED) is 0.749. The Morgan fingerprint density at radius 3 is 2.87 bits per heavy atom. The first-order chi connectivity index (χ1) is 11.1. The molecule has 3 aromatic rings. The molecule has 0 unspecified atom stereocenters. The summed E-state index contributed by atoms with van der Waals surface area (Å²) >= 11 is 6.07. The molecule has 2 N–H and O–H groups in total. The highest BCUT2D eigenvalue weighted by molar-refractivity contribution is 6.31. The summed E-state index contributed by atoms with van der Waals surface area (Å²) in [6, 6.07) is 12.9. The van der Waals surface area contributed by atoms with Gasteiger partial charge < -0.3 is 15.0 Å². The molecule has 0 spiro atoms. The van der Waals surface area contributed by atoms with Gasteiger partial charge in [-0.15, -0.1) is 0 Å². The van der Waals surface area contributed by atoms with Crippen LogP contribution in [0.2, 0.25) is 5.02 Å². The van der Waals surface area contributed by atoms with Crippen LogP contribution in [0, 0.1) is 6.92 Å². The van der Waals surface area contributed by atoms with E-state index >= 15 is 0 Å². The van der Waals surface area contributed by atoms with Crippen molar-refractivity contribution >= 4 is 34.1 Å². The molecule has 0 aliphatic heterocycles. The number of hydrogen-bond acceptors (Lipinski definition) is 2. The van der Waals surface area contributed by atoms with E-state index in [9.17, 15) is 4.79 Å². The number of benzene rings is 2. The Bertz CT molecular complexity index is 871. The predicted octanol–water partition coefficient (Wildman–Crippen LogP) is 4.32. The third-order valence-electron chi connectivity index (χ3n) is 3.77. The first kappa shape index (κ1) is 15.4. The van der Waals surface area contributed by atoms with Crippen LogP contribution >= 0.6 is 11.6 Å². The normalized spacial score (nSPS) is 10.7. The summed E-state index contributed by atoms with van der Waals surface area (Å²) in [5.74, 6) is 0.625. The van der Waals surface area contributed by atoms with Crippen LogP contribution in [-0.2, 0) is 11.2 Å². The molecule has 23 heavy (non-hydrogen) atoms. The van der Waals surface area contributed by atoms with Crippen LogP contribution in [0.4, 0.5) is 5.69 Å². The largest absolute Gasteiger partial charge is 0.497 e. The van der Waals surface area contributed by atoms with Crippen LogP contribution in [0.3, 0.4) is 0 Å². The number of halogens is 1. The summed E-state index contributed by atoms with van der Waals surface area (Å²) < 4.78 is 5.16. The van der Waals surface area contributed by atoms with Crippen LogP contribution in [-0.4, -0.2) is 18.0 Å². The number of carbonyl (C=O) groups excluding carboxylic acids is 1. The van der Waals surface area contributed by atoms with Gasteiger partial charge in [-0.25, -0.2) is 0 Å². The Morgan fingerprint density at radius 2 is 2.09 bits per heavy atom. The average Bonchev–Trinajstić information content (AvgIpc) is 2.83. The third-order valence-corrected chi connectivity index (χ3v) is 4.01. The summed E-state index contributed by atoms with van der Waals surface area (Å²) in [7, 11) is 1.60. The summed E-state index contributed by atoms with van der Waals surface area (Å²) in [6.07, 6.45) is 0.281. The van der Waals surface area contributed by atoms with Crippen molar-refractivity contribution < 1.29 is 9.53 Å². The molecule has 5 heteroatoms. The summed E-state index contributed by atoms with van der Waals surface area (Å²) in [5.41, 5.74) is 3.63. The van der Waals surface area contributed by atoms with E-state index in [1.807, 2.05) is 43.3 Å². The topological polar surface area (TPSA) is 54.1 Å². The molecule has 4 nitrogen and oxygen atoms in total. The van der Waals surface area contributed by atoms with Gasteiger partial charge in [-0.2, -0.15) is 0 Å². The summed E-state index contributed by atoms with van der Waals surface area (Å²) in [4.78, 5) is 15.6. The molecular formula is C18H17ClN2O2. The lowest BCUT2D eigenvalue weighted by Gasteiger charge is -2.07. The average molecular weight is 329 g/mol. The number of fused-ring (bicyclic) bond motifs is 1. The number of aromatic nitrogens is 1. The molecule has 0 radical (unpaired) electrons. The molecule has 1 aromatic heterocycles. The van der Waals surface area contributed by atoms with Crippen LogP contribution in [0.5, 0.6) is 5.75 Å². The van der Waals surface area contributed by atoms with Crippen molar-refractivity contribution in [2.24, 2.45) is 0 Å². The molecule has 1 heterocycles. The molecule has 118 valence electrons. The maximum Gasteiger partial charge on any atom is 0.228 e. The first-order valence-electron chi connectivity index (χ1n) is 7.27. The maximum absolute atomic E-state index is 12.4. The number of ether oxygens (including phenoxy) is 1. The monoisotopic (exact) mass is 328 g/mol. The highest BCUT2D eigenvalue weighted by Gasteiger charge is 2.13. The SMILES string of the molecule is COc1cccc(NC(=O)Cc2c(C)[nH]c3ccc(Cl)cc23)c1. The second kappa shape index (κ2) is 6.34. The van der Waals surface area contributed by atoms with Crippen molar-refractivity contribution in [1.82, 2.24) is 4.98 Å². The lowest BCUT2D eigenvalue weighted by Crippen LogP contribution is -2.14. The van der Waals surface area contributed by atoms with E-state index in [0.29, 0.717) is 16.5 Å². The molecule has 0 saturated carbocycles. The minimum atomic E-state index is -0.0813. The Labute approximate surface area is 139 Å². The summed E-state index contributed by atoms with van der Waals surface area (Å²) in [6.45, 7) is 1.96. The van der Waals surface area contributed by atoms with Gasteiger partial charge in [0.25, 0.3) is 0 Å². The lowest BCUT2D eigenvalue weighted by molar-refractivity contribution is -0.115. The number of carbonyl (C=O) groups is 1. The number of aromatic amines is 1. The Balaban J connectivity index is 1.82. The van der Waals surface area contributed by atoms with Gasteiger partial charge in [0.05, 0.1) is 13.5 Å². The number of amides is 1. The fraction of sp³-hybridized carbons (Fsp3) is 0.167. The lowest BCUT2D eigenvalue weighted by atomic mass is 10.1. The van der Waals surface area contributed by atoms with Gasteiger partial charge in [0.2, 0.25) is 5.91 Å². The molecule has 0 bridgehead atoms.